The van der Waals surface area contributed by atoms with Crippen LogP contribution in [0.4, 0.5) is 0 Å². The molecule has 4 heteroatoms. The van der Waals surface area contributed by atoms with Gasteiger partial charge in [-0.1, -0.05) is 0 Å². The number of hydrogen-bond acceptors (Lipinski definition) is 3. The summed E-state index contributed by atoms with van der Waals surface area (Å²) in [6.45, 7) is 5.21. The second kappa shape index (κ2) is 5.36. The van der Waals surface area contributed by atoms with Crippen LogP contribution in [0.15, 0.2) is 16.5 Å². The molecular formula is C13H19NO3. The molecule has 94 valence electrons. The molecule has 0 saturated carbocycles. The molecule has 1 aromatic heterocycles. The van der Waals surface area contributed by atoms with Crippen molar-refractivity contribution >= 4 is 5.91 Å². The second-order valence-corrected chi connectivity index (χ2v) is 4.57. The van der Waals surface area contributed by atoms with E-state index < -0.39 is 0 Å². The summed E-state index contributed by atoms with van der Waals surface area (Å²) in [6, 6.07) is 3.75. The molecule has 1 aromatic rings. The molecule has 17 heavy (non-hydrogen) atoms. The first kappa shape index (κ1) is 12.2. The number of amides is 1. The van der Waals surface area contributed by atoms with Gasteiger partial charge in [0.2, 0.25) is 5.91 Å². The van der Waals surface area contributed by atoms with Crippen LogP contribution in [-0.4, -0.2) is 19.1 Å². The summed E-state index contributed by atoms with van der Waals surface area (Å²) in [6.07, 6.45) is 1.63. The number of aryl methyl sites for hydroxylation is 1. The molecule has 4 nitrogen and oxygen atoms in total. The lowest BCUT2D eigenvalue weighted by molar-refractivity contribution is -0.128. The minimum absolute atomic E-state index is 0.0703. The number of carbonyl (C=O) groups is 1. The van der Waals surface area contributed by atoms with Crippen molar-refractivity contribution in [3.05, 3.63) is 23.7 Å². The number of ether oxygens (including phenoxy) is 1. The largest absolute Gasteiger partial charge is 0.464 e. The Morgan fingerprint density at radius 2 is 2.12 bits per heavy atom. The third kappa shape index (κ3) is 3.09. The summed E-state index contributed by atoms with van der Waals surface area (Å²) in [7, 11) is 0. The maximum Gasteiger partial charge on any atom is 0.223 e. The van der Waals surface area contributed by atoms with Crippen molar-refractivity contribution in [1.82, 2.24) is 5.32 Å². The van der Waals surface area contributed by atoms with Crippen LogP contribution in [0.1, 0.15) is 37.3 Å². The number of nitrogens with one attached hydrogen (secondary N) is 1. The van der Waals surface area contributed by atoms with Crippen LogP contribution in [0.5, 0.6) is 0 Å². The lowest BCUT2D eigenvalue weighted by atomic mass is 9.99. The van der Waals surface area contributed by atoms with Gasteiger partial charge >= 0.3 is 0 Å². The molecule has 0 aliphatic carbocycles. The third-order valence-electron chi connectivity index (χ3n) is 3.14. The van der Waals surface area contributed by atoms with E-state index in [1.165, 1.54) is 0 Å². The smallest absolute Gasteiger partial charge is 0.223 e. The fourth-order valence-electron chi connectivity index (χ4n) is 2.05. The van der Waals surface area contributed by atoms with Crippen LogP contribution in [0.3, 0.4) is 0 Å². The SMILES string of the molecule is Cc1ccc(C(C)NC(=O)C2CCOCC2)o1. The highest BCUT2D eigenvalue weighted by Crippen LogP contribution is 2.19. The van der Waals surface area contributed by atoms with Gasteiger partial charge in [-0.3, -0.25) is 4.79 Å². The van der Waals surface area contributed by atoms with E-state index in [-0.39, 0.29) is 17.9 Å². The van der Waals surface area contributed by atoms with E-state index in [2.05, 4.69) is 5.32 Å². The van der Waals surface area contributed by atoms with Crippen LogP contribution in [-0.2, 0) is 9.53 Å². The van der Waals surface area contributed by atoms with E-state index in [1.807, 2.05) is 26.0 Å². The first-order chi connectivity index (χ1) is 8.16. The monoisotopic (exact) mass is 237 g/mol. The highest BCUT2D eigenvalue weighted by Gasteiger charge is 2.23. The van der Waals surface area contributed by atoms with Crippen LogP contribution in [0.2, 0.25) is 0 Å². The molecule has 0 aromatic carbocycles. The summed E-state index contributed by atoms with van der Waals surface area (Å²) >= 11 is 0. The number of carbonyl (C=O) groups excluding carboxylic acids is 1. The van der Waals surface area contributed by atoms with Gasteiger partial charge in [-0.05, 0) is 38.8 Å². The van der Waals surface area contributed by atoms with Crippen molar-refractivity contribution in [3.8, 4) is 0 Å². The zero-order chi connectivity index (χ0) is 12.3. The molecule has 1 saturated heterocycles. The molecule has 2 heterocycles. The Labute approximate surface area is 101 Å². The van der Waals surface area contributed by atoms with E-state index in [0.29, 0.717) is 13.2 Å². The quantitative estimate of drug-likeness (QED) is 0.876. The van der Waals surface area contributed by atoms with Gasteiger partial charge in [-0.25, -0.2) is 0 Å². The van der Waals surface area contributed by atoms with E-state index >= 15 is 0 Å². The van der Waals surface area contributed by atoms with Crippen molar-refractivity contribution in [3.63, 3.8) is 0 Å². The van der Waals surface area contributed by atoms with Crippen LogP contribution in [0.25, 0.3) is 0 Å². The van der Waals surface area contributed by atoms with Gasteiger partial charge in [0.05, 0.1) is 6.04 Å². The van der Waals surface area contributed by atoms with Crippen molar-refractivity contribution in [1.29, 1.82) is 0 Å². The van der Waals surface area contributed by atoms with Crippen molar-refractivity contribution in [2.45, 2.75) is 32.7 Å². The minimum atomic E-state index is -0.0703. The average Bonchev–Trinajstić information content (AvgIpc) is 2.77. The van der Waals surface area contributed by atoms with E-state index in [9.17, 15) is 4.79 Å². The van der Waals surface area contributed by atoms with Crippen molar-refractivity contribution < 1.29 is 13.9 Å². The molecule has 1 aliphatic heterocycles. The molecular weight excluding hydrogens is 218 g/mol. The highest BCUT2D eigenvalue weighted by molar-refractivity contribution is 5.79. The van der Waals surface area contributed by atoms with Gasteiger partial charge in [-0.2, -0.15) is 0 Å². The van der Waals surface area contributed by atoms with Gasteiger partial charge in [0.25, 0.3) is 0 Å². The van der Waals surface area contributed by atoms with Crippen molar-refractivity contribution in [2.24, 2.45) is 5.92 Å². The Hall–Kier alpha value is -1.29. The molecule has 1 amide bonds. The first-order valence-corrected chi connectivity index (χ1v) is 6.11. The fourth-order valence-corrected chi connectivity index (χ4v) is 2.05. The van der Waals surface area contributed by atoms with Gasteiger partial charge in [0.1, 0.15) is 11.5 Å². The van der Waals surface area contributed by atoms with Gasteiger partial charge < -0.3 is 14.5 Å². The highest BCUT2D eigenvalue weighted by atomic mass is 16.5. The van der Waals surface area contributed by atoms with Crippen LogP contribution in [0, 0.1) is 12.8 Å². The standard InChI is InChI=1S/C13H19NO3/c1-9-3-4-12(17-9)10(2)14-13(15)11-5-7-16-8-6-11/h3-4,10-11H,5-8H2,1-2H3,(H,14,15). The fraction of sp³-hybridized carbons (Fsp3) is 0.615. The summed E-state index contributed by atoms with van der Waals surface area (Å²) < 4.78 is 10.7. The molecule has 1 unspecified atom stereocenters. The molecule has 1 N–H and O–H groups in total. The first-order valence-electron chi connectivity index (χ1n) is 6.11. The maximum atomic E-state index is 12.0. The van der Waals surface area contributed by atoms with E-state index in [1.54, 1.807) is 0 Å². The summed E-state index contributed by atoms with van der Waals surface area (Å²) in [5, 5.41) is 2.99. The normalized spacial score (nSPS) is 18.9. The average molecular weight is 237 g/mol. The Morgan fingerprint density at radius 3 is 2.71 bits per heavy atom. The number of hydrogen-bond donors (Lipinski definition) is 1. The Morgan fingerprint density at radius 1 is 1.41 bits per heavy atom. The third-order valence-corrected chi connectivity index (χ3v) is 3.14. The number of furan rings is 1. The Balaban J connectivity index is 1.89. The zero-order valence-electron chi connectivity index (χ0n) is 10.4. The van der Waals surface area contributed by atoms with E-state index in [0.717, 1.165) is 24.4 Å². The topological polar surface area (TPSA) is 51.5 Å². The van der Waals surface area contributed by atoms with Gasteiger partial charge in [0.15, 0.2) is 0 Å². The second-order valence-electron chi connectivity index (χ2n) is 4.57. The molecule has 1 fully saturated rings. The lowest BCUT2D eigenvalue weighted by Gasteiger charge is -2.22. The predicted octanol–water partition coefficient (Wildman–Crippen LogP) is 2.19. The predicted molar refractivity (Wildman–Crippen MR) is 63.5 cm³/mol. The number of rotatable bonds is 3. The van der Waals surface area contributed by atoms with Gasteiger partial charge in [-0.15, -0.1) is 0 Å². The summed E-state index contributed by atoms with van der Waals surface area (Å²) in [5.41, 5.74) is 0. The molecule has 0 bridgehead atoms. The summed E-state index contributed by atoms with van der Waals surface area (Å²) in [5.74, 6) is 1.87. The van der Waals surface area contributed by atoms with Gasteiger partial charge in [0, 0.05) is 19.1 Å². The van der Waals surface area contributed by atoms with Crippen molar-refractivity contribution in [2.75, 3.05) is 13.2 Å². The Kier molecular flexibility index (Phi) is 3.84. The minimum Gasteiger partial charge on any atom is -0.464 e. The Bertz CT molecular complexity index is 380. The molecule has 1 aliphatic rings. The van der Waals surface area contributed by atoms with E-state index in [4.69, 9.17) is 9.15 Å². The molecule has 0 radical (unpaired) electrons. The molecule has 1 atom stereocenters. The molecule has 2 rings (SSSR count). The zero-order valence-corrected chi connectivity index (χ0v) is 10.4. The van der Waals surface area contributed by atoms with Crippen LogP contribution >= 0.6 is 0 Å². The summed E-state index contributed by atoms with van der Waals surface area (Å²) in [4.78, 5) is 12.0. The van der Waals surface area contributed by atoms with Crippen LogP contribution < -0.4 is 5.32 Å². The molecule has 0 spiro atoms. The lowest BCUT2D eigenvalue weighted by Crippen LogP contribution is -2.35. The maximum absolute atomic E-state index is 12.0.